The molecule has 3 N–H and O–H groups in total. The van der Waals surface area contributed by atoms with E-state index in [0.29, 0.717) is 6.54 Å². The van der Waals surface area contributed by atoms with Gasteiger partial charge in [-0.15, -0.1) is 0 Å². The molecule has 0 saturated carbocycles. The number of rotatable bonds is 5. The van der Waals surface area contributed by atoms with Crippen molar-refractivity contribution in [3.63, 3.8) is 0 Å². The van der Waals surface area contributed by atoms with Gasteiger partial charge in [0, 0.05) is 12.2 Å². The Morgan fingerprint density at radius 2 is 1.95 bits per heavy atom. The summed E-state index contributed by atoms with van der Waals surface area (Å²) >= 11 is 0. The zero-order valence-corrected chi connectivity index (χ0v) is 11.5. The van der Waals surface area contributed by atoms with Crippen molar-refractivity contribution in [2.75, 3.05) is 12.1 Å². The van der Waals surface area contributed by atoms with Crippen LogP contribution in [0.3, 0.4) is 0 Å². The van der Waals surface area contributed by atoms with Crippen molar-refractivity contribution in [3.8, 4) is 11.5 Å². The first-order valence-corrected chi connectivity index (χ1v) is 6.71. The van der Waals surface area contributed by atoms with E-state index in [1.54, 1.807) is 0 Å². The maximum Gasteiger partial charge on any atom is 0.231 e. The summed E-state index contributed by atoms with van der Waals surface area (Å²) < 4.78 is 10.6. The lowest BCUT2D eigenvalue weighted by Crippen LogP contribution is -2.15. The molecule has 1 amide bonds. The van der Waals surface area contributed by atoms with Crippen molar-refractivity contribution in [2.45, 2.75) is 13.0 Å². The van der Waals surface area contributed by atoms with Crippen LogP contribution in [-0.4, -0.2) is 12.7 Å². The Kier molecular flexibility index (Phi) is 3.64. The highest BCUT2D eigenvalue weighted by Crippen LogP contribution is 2.32. The molecule has 21 heavy (non-hydrogen) atoms. The van der Waals surface area contributed by atoms with Gasteiger partial charge in [0.05, 0.1) is 6.42 Å². The smallest absolute Gasteiger partial charge is 0.231 e. The fourth-order valence-electron chi connectivity index (χ4n) is 2.28. The molecule has 0 aromatic heterocycles. The standard InChI is InChI=1S/C16H16N2O3/c17-16(19)8-12-3-1-2-4-13(12)18-9-11-5-6-14-15(7-11)21-10-20-14/h1-7,18H,8-10H2,(H2,17,19). The number of carbonyl (C=O) groups is 1. The quantitative estimate of drug-likeness (QED) is 0.881. The summed E-state index contributed by atoms with van der Waals surface area (Å²) in [6.45, 7) is 0.903. The van der Waals surface area contributed by atoms with Gasteiger partial charge in [-0.05, 0) is 29.3 Å². The molecule has 0 aliphatic carbocycles. The predicted molar refractivity (Wildman–Crippen MR) is 79.2 cm³/mol. The second-order valence-electron chi connectivity index (χ2n) is 4.84. The molecule has 0 atom stereocenters. The third kappa shape index (κ3) is 3.08. The molecule has 5 heteroatoms. The molecule has 0 saturated heterocycles. The third-order valence-electron chi connectivity index (χ3n) is 3.30. The van der Waals surface area contributed by atoms with Crippen molar-refractivity contribution in [1.29, 1.82) is 0 Å². The fourth-order valence-corrected chi connectivity index (χ4v) is 2.28. The monoisotopic (exact) mass is 284 g/mol. The number of carbonyl (C=O) groups excluding carboxylic acids is 1. The Morgan fingerprint density at radius 1 is 1.14 bits per heavy atom. The molecule has 1 aliphatic rings. The van der Waals surface area contributed by atoms with Gasteiger partial charge in [0.1, 0.15) is 0 Å². The number of fused-ring (bicyclic) bond motifs is 1. The molecule has 5 nitrogen and oxygen atoms in total. The summed E-state index contributed by atoms with van der Waals surface area (Å²) in [5.41, 5.74) is 8.15. The van der Waals surface area contributed by atoms with Crippen molar-refractivity contribution in [2.24, 2.45) is 5.73 Å². The number of benzene rings is 2. The van der Waals surface area contributed by atoms with Crippen LogP contribution in [0, 0.1) is 0 Å². The highest BCUT2D eigenvalue weighted by atomic mass is 16.7. The van der Waals surface area contributed by atoms with E-state index in [0.717, 1.165) is 28.3 Å². The number of hydrogen-bond donors (Lipinski definition) is 2. The van der Waals surface area contributed by atoms with Crippen LogP contribution in [0.5, 0.6) is 11.5 Å². The summed E-state index contributed by atoms with van der Waals surface area (Å²) in [7, 11) is 0. The average molecular weight is 284 g/mol. The topological polar surface area (TPSA) is 73.6 Å². The number of hydrogen-bond acceptors (Lipinski definition) is 4. The van der Waals surface area contributed by atoms with Gasteiger partial charge in [-0.25, -0.2) is 0 Å². The van der Waals surface area contributed by atoms with Crippen molar-refractivity contribution in [3.05, 3.63) is 53.6 Å². The van der Waals surface area contributed by atoms with Gasteiger partial charge in [-0.1, -0.05) is 24.3 Å². The van der Waals surface area contributed by atoms with Crippen LogP contribution < -0.4 is 20.5 Å². The van der Waals surface area contributed by atoms with E-state index in [1.807, 2.05) is 42.5 Å². The Labute approximate surface area is 122 Å². The summed E-state index contributed by atoms with van der Waals surface area (Å²) in [5, 5.41) is 3.32. The number of nitrogens with two attached hydrogens (primary N) is 1. The summed E-state index contributed by atoms with van der Waals surface area (Å²) in [6.07, 6.45) is 0.227. The minimum absolute atomic E-state index is 0.227. The molecule has 0 spiro atoms. The van der Waals surface area contributed by atoms with Crippen molar-refractivity contribution >= 4 is 11.6 Å². The number of ether oxygens (including phenoxy) is 2. The normalized spacial score (nSPS) is 12.2. The van der Waals surface area contributed by atoms with Gasteiger partial charge in [0.2, 0.25) is 12.7 Å². The van der Waals surface area contributed by atoms with Gasteiger partial charge in [0.25, 0.3) is 0 Å². The molecule has 108 valence electrons. The van der Waals surface area contributed by atoms with E-state index >= 15 is 0 Å². The number of amides is 1. The van der Waals surface area contributed by atoms with Crippen LogP contribution in [0.25, 0.3) is 0 Å². The summed E-state index contributed by atoms with van der Waals surface area (Å²) in [4.78, 5) is 11.1. The Morgan fingerprint density at radius 3 is 2.81 bits per heavy atom. The highest BCUT2D eigenvalue weighted by molar-refractivity contribution is 5.78. The predicted octanol–water partition coefficient (Wildman–Crippen LogP) is 2.06. The second-order valence-corrected chi connectivity index (χ2v) is 4.84. The SMILES string of the molecule is NC(=O)Cc1ccccc1NCc1ccc2c(c1)OCO2. The molecule has 0 radical (unpaired) electrons. The molecule has 1 aliphatic heterocycles. The van der Waals surface area contributed by atoms with E-state index in [1.165, 1.54) is 0 Å². The number of anilines is 1. The molecule has 1 heterocycles. The second kappa shape index (κ2) is 5.75. The Bertz CT molecular complexity index is 670. The number of nitrogens with one attached hydrogen (secondary N) is 1. The van der Waals surface area contributed by atoms with E-state index in [4.69, 9.17) is 15.2 Å². The van der Waals surface area contributed by atoms with Gasteiger partial charge >= 0.3 is 0 Å². The van der Waals surface area contributed by atoms with E-state index in [2.05, 4.69) is 5.32 Å². The minimum atomic E-state index is -0.340. The van der Waals surface area contributed by atoms with Crippen LogP contribution in [-0.2, 0) is 17.8 Å². The van der Waals surface area contributed by atoms with Gasteiger partial charge < -0.3 is 20.5 Å². The summed E-state index contributed by atoms with van der Waals surface area (Å²) in [6, 6.07) is 13.5. The van der Waals surface area contributed by atoms with Crippen molar-refractivity contribution < 1.29 is 14.3 Å². The molecule has 2 aromatic rings. The van der Waals surface area contributed by atoms with Crippen LogP contribution in [0.4, 0.5) is 5.69 Å². The zero-order chi connectivity index (χ0) is 14.7. The molecule has 3 rings (SSSR count). The molecular formula is C16H16N2O3. The van der Waals surface area contributed by atoms with Crippen LogP contribution in [0.2, 0.25) is 0 Å². The maximum absolute atomic E-state index is 11.1. The van der Waals surface area contributed by atoms with E-state index in [9.17, 15) is 4.79 Å². The maximum atomic E-state index is 11.1. The van der Waals surface area contributed by atoms with Gasteiger partial charge in [-0.2, -0.15) is 0 Å². The van der Waals surface area contributed by atoms with E-state index < -0.39 is 0 Å². The summed E-state index contributed by atoms with van der Waals surface area (Å²) in [5.74, 6) is 1.19. The lowest BCUT2D eigenvalue weighted by atomic mass is 10.1. The fraction of sp³-hybridized carbons (Fsp3) is 0.188. The lowest BCUT2D eigenvalue weighted by Gasteiger charge is -2.11. The largest absolute Gasteiger partial charge is 0.454 e. The molecule has 2 aromatic carbocycles. The molecule has 0 bridgehead atoms. The zero-order valence-electron chi connectivity index (χ0n) is 11.5. The molecular weight excluding hydrogens is 268 g/mol. The first kappa shape index (κ1) is 13.3. The Hall–Kier alpha value is -2.69. The van der Waals surface area contributed by atoms with Crippen LogP contribution >= 0.6 is 0 Å². The third-order valence-corrected chi connectivity index (χ3v) is 3.30. The average Bonchev–Trinajstić information content (AvgIpc) is 2.93. The number of primary amides is 1. The molecule has 0 unspecified atom stereocenters. The van der Waals surface area contributed by atoms with Gasteiger partial charge in [-0.3, -0.25) is 4.79 Å². The lowest BCUT2D eigenvalue weighted by molar-refractivity contribution is -0.117. The van der Waals surface area contributed by atoms with E-state index in [-0.39, 0.29) is 19.1 Å². The first-order chi connectivity index (χ1) is 10.2. The minimum Gasteiger partial charge on any atom is -0.454 e. The van der Waals surface area contributed by atoms with Crippen molar-refractivity contribution in [1.82, 2.24) is 0 Å². The van der Waals surface area contributed by atoms with Crippen LogP contribution in [0.15, 0.2) is 42.5 Å². The first-order valence-electron chi connectivity index (χ1n) is 6.71. The van der Waals surface area contributed by atoms with Gasteiger partial charge in [0.15, 0.2) is 11.5 Å². The highest BCUT2D eigenvalue weighted by Gasteiger charge is 2.13. The van der Waals surface area contributed by atoms with Crippen LogP contribution in [0.1, 0.15) is 11.1 Å². The molecule has 0 fully saturated rings. The Balaban J connectivity index is 1.71. The number of para-hydroxylation sites is 1.